The molecule has 0 saturated heterocycles. The smallest absolute Gasteiger partial charge is 0.258 e. The number of allylic oxidation sites excluding steroid dienone is 1. The van der Waals surface area contributed by atoms with Crippen molar-refractivity contribution in [3.05, 3.63) is 58.8 Å². The van der Waals surface area contributed by atoms with Crippen LogP contribution in [0.5, 0.6) is 11.5 Å². The van der Waals surface area contributed by atoms with Crippen molar-refractivity contribution >= 4 is 11.8 Å². The Bertz CT molecular complexity index is 884. The van der Waals surface area contributed by atoms with E-state index in [9.17, 15) is 19.8 Å². The van der Waals surface area contributed by atoms with Crippen molar-refractivity contribution in [2.45, 2.75) is 12.8 Å². The molecule has 0 spiro atoms. The first-order chi connectivity index (χ1) is 13.3. The van der Waals surface area contributed by atoms with Crippen LogP contribution in [0.15, 0.2) is 53.3 Å². The van der Waals surface area contributed by atoms with Crippen molar-refractivity contribution in [3.63, 3.8) is 0 Å². The Morgan fingerprint density at radius 3 is 2.75 bits per heavy atom. The third-order valence-electron chi connectivity index (χ3n) is 4.77. The largest absolute Gasteiger partial charge is 0.508 e. The van der Waals surface area contributed by atoms with Gasteiger partial charge in [-0.2, -0.15) is 0 Å². The number of rotatable bonds is 5. The topological polar surface area (TPSA) is 93.1 Å². The van der Waals surface area contributed by atoms with E-state index in [1.807, 2.05) is 25.1 Å². The minimum Gasteiger partial charge on any atom is -0.508 e. The quantitative estimate of drug-likeness (QED) is 0.674. The Morgan fingerprint density at radius 2 is 2.04 bits per heavy atom. The molecule has 7 nitrogen and oxygen atoms in total. The number of phenolic OH excluding ortho intramolecular Hbond substituents is 2. The summed E-state index contributed by atoms with van der Waals surface area (Å²) in [6.45, 7) is 1.53. The van der Waals surface area contributed by atoms with Crippen LogP contribution in [0, 0.1) is 0 Å². The second-order valence-electron chi connectivity index (χ2n) is 7.26. The van der Waals surface area contributed by atoms with E-state index in [4.69, 9.17) is 0 Å². The van der Waals surface area contributed by atoms with E-state index in [1.165, 1.54) is 18.2 Å². The number of amides is 2. The molecule has 3 N–H and O–H groups in total. The molecule has 1 aromatic carbocycles. The number of carbonyl (C=O) groups excluding carboxylic acids is 2. The van der Waals surface area contributed by atoms with Gasteiger partial charge < -0.3 is 25.3 Å². The number of hydrogen-bond donors (Lipinski definition) is 3. The minimum absolute atomic E-state index is 0.0943. The first kappa shape index (κ1) is 19.7. The number of phenols is 2. The summed E-state index contributed by atoms with van der Waals surface area (Å²) in [5, 5.41) is 22.3. The maximum Gasteiger partial charge on any atom is 0.258 e. The summed E-state index contributed by atoms with van der Waals surface area (Å²) in [6.07, 6.45) is 6.95. The third-order valence-corrected chi connectivity index (χ3v) is 4.77. The summed E-state index contributed by atoms with van der Waals surface area (Å²) in [6, 6.07) is 3.95. The molecule has 2 amide bonds. The molecule has 7 heteroatoms. The van der Waals surface area contributed by atoms with Crippen LogP contribution in [-0.2, 0) is 4.79 Å². The average molecular weight is 383 g/mol. The van der Waals surface area contributed by atoms with Crippen molar-refractivity contribution in [2.24, 2.45) is 0 Å². The standard InChI is InChI=1S/C21H25N3O4/c1-23(2)10-4-7-20(27)22-18-6-3-5-14-12-24(13-17(14)18)21(28)16-9-8-15(25)11-19(16)26/h4,6-9,11,25-26H,3,5,10,12-13H2,1-2H3,(H,22,27)/b7-4+. The zero-order chi connectivity index (χ0) is 20.3. The number of benzene rings is 1. The van der Waals surface area contributed by atoms with Gasteiger partial charge in [0.15, 0.2) is 0 Å². The van der Waals surface area contributed by atoms with Gasteiger partial charge in [-0.05, 0) is 50.2 Å². The summed E-state index contributed by atoms with van der Waals surface area (Å²) in [4.78, 5) is 28.6. The highest BCUT2D eigenvalue weighted by atomic mass is 16.3. The van der Waals surface area contributed by atoms with E-state index in [0.29, 0.717) is 19.6 Å². The maximum atomic E-state index is 12.8. The Kier molecular flexibility index (Phi) is 5.84. The molecule has 0 aromatic heterocycles. The van der Waals surface area contributed by atoms with E-state index in [-0.39, 0.29) is 28.9 Å². The van der Waals surface area contributed by atoms with Crippen LogP contribution in [0.25, 0.3) is 0 Å². The lowest BCUT2D eigenvalue weighted by atomic mass is 9.97. The van der Waals surface area contributed by atoms with Crippen LogP contribution >= 0.6 is 0 Å². The first-order valence-corrected chi connectivity index (χ1v) is 9.20. The van der Waals surface area contributed by atoms with Gasteiger partial charge in [0.25, 0.3) is 5.91 Å². The Balaban J connectivity index is 1.68. The molecule has 0 fully saturated rings. The highest BCUT2D eigenvalue weighted by molar-refractivity contribution is 5.98. The monoisotopic (exact) mass is 383 g/mol. The Labute approximate surface area is 164 Å². The highest BCUT2D eigenvalue weighted by Crippen LogP contribution is 2.32. The molecule has 1 aliphatic carbocycles. The third kappa shape index (κ3) is 4.43. The van der Waals surface area contributed by atoms with Crippen molar-refractivity contribution < 1.29 is 19.8 Å². The molecule has 2 aliphatic rings. The number of carbonyl (C=O) groups is 2. The molecule has 0 unspecified atom stereocenters. The van der Waals surface area contributed by atoms with Crippen LogP contribution in [0.3, 0.4) is 0 Å². The zero-order valence-corrected chi connectivity index (χ0v) is 16.1. The first-order valence-electron chi connectivity index (χ1n) is 9.20. The lowest BCUT2D eigenvalue weighted by Crippen LogP contribution is -2.30. The van der Waals surface area contributed by atoms with Crippen LogP contribution in [0.2, 0.25) is 0 Å². The number of nitrogens with one attached hydrogen (secondary N) is 1. The van der Waals surface area contributed by atoms with E-state index in [2.05, 4.69) is 5.32 Å². The molecule has 0 saturated carbocycles. The lowest BCUT2D eigenvalue weighted by Gasteiger charge is -2.18. The number of aromatic hydroxyl groups is 2. The summed E-state index contributed by atoms with van der Waals surface area (Å²) in [5.74, 6) is -0.834. The van der Waals surface area contributed by atoms with Gasteiger partial charge >= 0.3 is 0 Å². The lowest BCUT2D eigenvalue weighted by molar-refractivity contribution is -0.115. The second-order valence-corrected chi connectivity index (χ2v) is 7.26. The van der Waals surface area contributed by atoms with Crippen LogP contribution in [0.1, 0.15) is 23.2 Å². The molecule has 0 radical (unpaired) electrons. The van der Waals surface area contributed by atoms with Crippen LogP contribution < -0.4 is 5.32 Å². The SMILES string of the molecule is CN(C)C/C=C/C(=O)NC1=CCCC2=C1CN(C(=O)c1ccc(O)cc1O)C2. The summed E-state index contributed by atoms with van der Waals surface area (Å²) >= 11 is 0. The predicted octanol–water partition coefficient (Wildman–Crippen LogP) is 1.76. The van der Waals surface area contributed by atoms with Gasteiger partial charge in [-0.25, -0.2) is 0 Å². The number of nitrogens with zero attached hydrogens (tertiary/aromatic N) is 2. The summed E-state index contributed by atoms with van der Waals surface area (Å²) in [7, 11) is 3.86. The molecule has 28 heavy (non-hydrogen) atoms. The van der Waals surface area contributed by atoms with Gasteiger partial charge in [0.05, 0.1) is 5.56 Å². The predicted molar refractivity (Wildman–Crippen MR) is 106 cm³/mol. The molecular formula is C21H25N3O4. The number of likely N-dealkylation sites (N-methyl/N-ethyl adjacent to an activating group) is 1. The van der Waals surface area contributed by atoms with E-state index in [1.54, 1.807) is 11.0 Å². The van der Waals surface area contributed by atoms with E-state index < -0.39 is 0 Å². The van der Waals surface area contributed by atoms with E-state index >= 15 is 0 Å². The molecular weight excluding hydrogens is 358 g/mol. The molecule has 3 rings (SSSR count). The second kappa shape index (κ2) is 8.31. The maximum absolute atomic E-state index is 12.8. The van der Waals surface area contributed by atoms with Crippen molar-refractivity contribution in [1.82, 2.24) is 15.1 Å². The van der Waals surface area contributed by atoms with Gasteiger partial charge in [0.1, 0.15) is 11.5 Å². The Morgan fingerprint density at radius 1 is 1.25 bits per heavy atom. The van der Waals surface area contributed by atoms with E-state index in [0.717, 1.165) is 35.8 Å². The molecule has 1 heterocycles. The van der Waals surface area contributed by atoms with Gasteiger partial charge in [-0.3, -0.25) is 9.59 Å². The highest BCUT2D eigenvalue weighted by Gasteiger charge is 2.31. The van der Waals surface area contributed by atoms with Gasteiger partial charge in [0, 0.05) is 37.5 Å². The van der Waals surface area contributed by atoms with Crippen molar-refractivity contribution in [1.29, 1.82) is 0 Å². The summed E-state index contributed by atoms with van der Waals surface area (Å²) < 4.78 is 0. The Hall–Kier alpha value is -3.06. The van der Waals surface area contributed by atoms with Crippen molar-refractivity contribution in [2.75, 3.05) is 33.7 Å². The van der Waals surface area contributed by atoms with Gasteiger partial charge in [-0.15, -0.1) is 0 Å². The molecule has 1 aliphatic heterocycles. The molecule has 1 aromatic rings. The summed E-state index contributed by atoms with van der Waals surface area (Å²) in [5.41, 5.74) is 3.00. The fourth-order valence-electron chi connectivity index (χ4n) is 3.39. The number of hydrogen-bond acceptors (Lipinski definition) is 5. The normalized spacial score (nSPS) is 16.5. The van der Waals surface area contributed by atoms with Crippen molar-refractivity contribution in [3.8, 4) is 11.5 Å². The molecule has 148 valence electrons. The van der Waals surface area contributed by atoms with Crippen LogP contribution in [0.4, 0.5) is 0 Å². The van der Waals surface area contributed by atoms with Gasteiger partial charge in [-0.1, -0.05) is 12.2 Å². The fraction of sp³-hybridized carbons (Fsp3) is 0.333. The molecule has 0 bridgehead atoms. The fourth-order valence-corrected chi connectivity index (χ4v) is 3.39. The average Bonchev–Trinajstić information content (AvgIpc) is 3.06. The minimum atomic E-state index is -0.302. The van der Waals surface area contributed by atoms with Crippen LogP contribution in [-0.4, -0.2) is 65.6 Å². The van der Waals surface area contributed by atoms with Gasteiger partial charge in [0.2, 0.25) is 5.91 Å². The zero-order valence-electron chi connectivity index (χ0n) is 16.1. The molecule has 0 atom stereocenters.